The van der Waals surface area contributed by atoms with Crippen LogP contribution in [-0.4, -0.2) is 64.9 Å². The van der Waals surface area contributed by atoms with Crippen molar-refractivity contribution in [2.45, 2.75) is 68.6 Å². The van der Waals surface area contributed by atoms with Gasteiger partial charge in [-0.05, 0) is 39.7 Å². The van der Waals surface area contributed by atoms with E-state index >= 15 is 0 Å². The van der Waals surface area contributed by atoms with Gasteiger partial charge in [-0.2, -0.15) is 0 Å². The largest absolute Gasteiger partial charge is 0.364 e. The molecule has 0 aromatic carbocycles. The normalized spacial score (nSPS) is 24.4. The number of piperazine rings is 1. The number of fused-ring (bicyclic) bond motifs is 1. The van der Waals surface area contributed by atoms with Crippen LogP contribution in [0.2, 0.25) is 0 Å². The Labute approximate surface area is 204 Å². The third kappa shape index (κ3) is 4.52. The molecule has 190 valence electrons. The summed E-state index contributed by atoms with van der Waals surface area (Å²) in [5.74, 6) is 0.207. The lowest BCUT2D eigenvalue weighted by molar-refractivity contribution is 0.150. The Balaban J connectivity index is 1.68. The number of nitrogens with zero attached hydrogens (tertiary/aromatic N) is 5. The molecule has 0 unspecified atom stereocenters. The first-order valence-electron chi connectivity index (χ1n) is 11.3. The Bertz CT molecular complexity index is 1360. The molecule has 3 atom stereocenters. The van der Waals surface area contributed by atoms with Crippen molar-refractivity contribution in [2.24, 2.45) is 0 Å². The molecule has 0 spiro atoms. The third-order valence-corrected chi connectivity index (χ3v) is 9.26. The molecule has 1 aliphatic carbocycles. The Morgan fingerprint density at radius 1 is 1.31 bits per heavy atom. The first-order valence-corrected chi connectivity index (χ1v) is 13.6. The van der Waals surface area contributed by atoms with E-state index in [2.05, 4.69) is 25.2 Å². The minimum Gasteiger partial charge on any atom is -0.364 e. The fourth-order valence-electron chi connectivity index (χ4n) is 4.32. The number of aromatic nitrogens is 4. The van der Waals surface area contributed by atoms with Crippen LogP contribution >= 0.6 is 11.3 Å². The summed E-state index contributed by atoms with van der Waals surface area (Å²) < 4.78 is 70.9. The van der Waals surface area contributed by atoms with E-state index in [1.54, 1.807) is 16.7 Å². The maximum Gasteiger partial charge on any atom is 0.291 e. The quantitative estimate of drug-likeness (QED) is 0.485. The molecular weight excluding hydrogens is 503 g/mol. The number of nitrogens with one attached hydrogen (secondary N) is 2. The van der Waals surface area contributed by atoms with Crippen LogP contribution < -0.4 is 14.9 Å². The molecule has 14 heteroatoms. The second kappa shape index (κ2) is 8.68. The second-order valence-corrected chi connectivity index (χ2v) is 12.2. The first kappa shape index (κ1) is 24.4. The summed E-state index contributed by atoms with van der Waals surface area (Å²) in [6.45, 7) is 5.51. The van der Waals surface area contributed by atoms with Gasteiger partial charge in [0.15, 0.2) is 15.8 Å². The SMILES string of the molecule is C[C@@H]1N[C@H](CF)CN(c2cc(S(=O)(=O)NC3(C)CC3)cn3c(-c4nnc(C(F)F)s4)ncc23)[C@@H]1C. The van der Waals surface area contributed by atoms with Crippen molar-refractivity contribution < 1.29 is 21.6 Å². The van der Waals surface area contributed by atoms with Crippen molar-refractivity contribution in [1.82, 2.24) is 29.6 Å². The third-order valence-electron chi connectivity index (χ3n) is 6.73. The number of halogens is 3. The molecule has 0 bridgehead atoms. The second-order valence-electron chi connectivity index (χ2n) is 9.51. The van der Waals surface area contributed by atoms with Crippen LogP contribution in [0.25, 0.3) is 16.3 Å². The summed E-state index contributed by atoms with van der Waals surface area (Å²) in [5.41, 5.74) is 0.627. The molecule has 35 heavy (non-hydrogen) atoms. The Morgan fingerprint density at radius 2 is 2.06 bits per heavy atom. The van der Waals surface area contributed by atoms with Gasteiger partial charge in [0.2, 0.25) is 10.0 Å². The van der Waals surface area contributed by atoms with Crippen LogP contribution in [0, 0.1) is 0 Å². The van der Waals surface area contributed by atoms with Crippen molar-refractivity contribution in [1.29, 1.82) is 0 Å². The fraction of sp³-hybridized carbons (Fsp3) is 0.571. The lowest BCUT2D eigenvalue weighted by Gasteiger charge is -2.44. The van der Waals surface area contributed by atoms with E-state index in [0.29, 0.717) is 29.1 Å². The predicted octanol–water partition coefficient (Wildman–Crippen LogP) is 3.15. The van der Waals surface area contributed by atoms with Gasteiger partial charge in [-0.1, -0.05) is 11.3 Å². The standard InChI is InChI=1S/C21H26F3N7O2S2/c1-11-12(2)30(9-13(7-22)26-11)15-6-14(35(32,33)29-21(3)4-5-21)10-31-16(15)8-25-18(31)20-28-27-19(34-20)17(23)24/h6,8,10-13,17,26,29H,4-5,7,9H2,1-3H3/t11-,12+,13+/m0/s1. The van der Waals surface area contributed by atoms with Gasteiger partial charge in [0.25, 0.3) is 6.43 Å². The minimum absolute atomic E-state index is 0.00107. The zero-order valence-electron chi connectivity index (χ0n) is 19.4. The predicted molar refractivity (Wildman–Crippen MR) is 126 cm³/mol. The molecule has 0 amide bonds. The van der Waals surface area contributed by atoms with Crippen molar-refractivity contribution in [3.05, 3.63) is 23.5 Å². The number of hydrogen-bond acceptors (Lipinski definition) is 8. The average Bonchev–Trinajstić information content (AvgIpc) is 3.19. The monoisotopic (exact) mass is 529 g/mol. The van der Waals surface area contributed by atoms with Gasteiger partial charge in [-0.15, -0.1) is 10.2 Å². The molecule has 2 fully saturated rings. The molecule has 5 rings (SSSR count). The number of imidazole rings is 1. The molecule has 1 saturated heterocycles. The van der Waals surface area contributed by atoms with Crippen LogP contribution in [0.3, 0.4) is 0 Å². The molecule has 1 saturated carbocycles. The van der Waals surface area contributed by atoms with Gasteiger partial charge in [-0.3, -0.25) is 4.40 Å². The van der Waals surface area contributed by atoms with Crippen LogP contribution in [0.5, 0.6) is 0 Å². The topological polar surface area (TPSA) is 105 Å². The molecule has 3 aromatic heterocycles. The summed E-state index contributed by atoms with van der Waals surface area (Å²) in [4.78, 5) is 6.35. The van der Waals surface area contributed by atoms with Gasteiger partial charge >= 0.3 is 0 Å². The van der Waals surface area contributed by atoms with E-state index < -0.39 is 39.7 Å². The summed E-state index contributed by atoms with van der Waals surface area (Å²) in [6.07, 6.45) is 1.67. The molecule has 2 aliphatic rings. The van der Waals surface area contributed by atoms with E-state index in [9.17, 15) is 21.6 Å². The lowest BCUT2D eigenvalue weighted by Crippen LogP contribution is -2.61. The van der Waals surface area contributed by atoms with Gasteiger partial charge < -0.3 is 10.2 Å². The van der Waals surface area contributed by atoms with E-state index in [4.69, 9.17) is 0 Å². The number of pyridine rings is 1. The maximum absolute atomic E-state index is 13.6. The smallest absolute Gasteiger partial charge is 0.291 e. The maximum atomic E-state index is 13.6. The van der Waals surface area contributed by atoms with Gasteiger partial charge in [-0.25, -0.2) is 31.3 Å². The van der Waals surface area contributed by atoms with Crippen molar-refractivity contribution in [3.8, 4) is 10.8 Å². The molecule has 9 nitrogen and oxygen atoms in total. The highest BCUT2D eigenvalue weighted by Crippen LogP contribution is 2.38. The van der Waals surface area contributed by atoms with Gasteiger partial charge in [0.05, 0.1) is 23.4 Å². The van der Waals surface area contributed by atoms with Gasteiger partial charge in [0.1, 0.15) is 11.6 Å². The summed E-state index contributed by atoms with van der Waals surface area (Å²) >= 11 is 0.699. The van der Waals surface area contributed by atoms with Crippen molar-refractivity contribution in [3.63, 3.8) is 0 Å². The van der Waals surface area contributed by atoms with Crippen LogP contribution in [-0.2, 0) is 10.0 Å². The molecule has 4 heterocycles. The average molecular weight is 530 g/mol. The first-order chi connectivity index (χ1) is 16.5. The highest BCUT2D eigenvalue weighted by molar-refractivity contribution is 7.89. The van der Waals surface area contributed by atoms with E-state index in [1.165, 1.54) is 6.20 Å². The Morgan fingerprint density at radius 3 is 2.69 bits per heavy atom. The van der Waals surface area contributed by atoms with Crippen molar-refractivity contribution in [2.75, 3.05) is 18.1 Å². The molecule has 0 radical (unpaired) electrons. The molecule has 2 N–H and O–H groups in total. The van der Waals surface area contributed by atoms with Crippen LogP contribution in [0.1, 0.15) is 45.0 Å². The lowest BCUT2D eigenvalue weighted by atomic mass is 10.0. The molecule has 3 aromatic rings. The Hall–Kier alpha value is -2.29. The number of rotatable bonds is 7. The van der Waals surface area contributed by atoms with Crippen LogP contribution in [0.15, 0.2) is 23.4 Å². The summed E-state index contributed by atoms with van der Waals surface area (Å²) in [6, 6.07) is 0.999. The van der Waals surface area contributed by atoms with E-state index in [1.807, 2.05) is 25.7 Å². The van der Waals surface area contributed by atoms with Gasteiger partial charge in [0, 0.05) is 30.4 Å². The van der Waals surface area contributed by atoms with Crippen molar-refractivity contribution >= 4 is 32.6 Å². The van der Waals surface area contributed by atoms with Crippen LogP contribution in [0.4, 0.5) is 18.9 Å². The number of sulfonamides is 1. The highest BCUT2D eigenvalue weighted by atomic mass is 32.2. The van der Waals surface area contributed by atoms with E-state index in [0.717, 1.165) is 12.8 Å². The fourth-order valence-corrected chi connectivity index (χ4v) is 6.50. The minimum atomic E-state index is -3.91. The zero-order valence-corrected chi connectivity index (χ0v) is 21.0. The highest BCUT2D eigenvalue weighted by Gasteiger charge is 2.42. The number of hydrogen-bond donors (Lipinski definition) is 2. The molecular formula is C21H26F3N7O2S2. The Kier molecular flexibility index (Phi) is 6.05. The number of anilines is 1. The molecule has 1 aliphatic heterocycles. The summed E-state index contributed by atoms with van der Waals surface area (Å²) in [5, 5.41) is 10.3. The number of alkyl halides is 3. The zero-order chi connectivity index (χ0) is 25.1. The summed E-state index contributed by atoms with van der Waals surface area (Å²) in [7, 11) is -3.91. The van der Waals surface area contributed by atoms with E-state index in [-0.39, 0.29) is 27.8 Å².